The highest BCUT2D eigenvalue weighted by Crippen LogP contribution is 2.22. The van der Waals surface area contributed by atoms with E-state index in [-0.39, 0.29) is 21.9 Å². The Labute approximate surface area is 183 Å². The van der Waals surface area contributed by atoms with Gasteiger partial charge in [-0.1, -0.05) is 12.1 Å². The fraction of sp³-hybridized carbons (Fsp3) is 0.136. The molecule has 1 unspecified atom stereocenters. The van der Waals surface area contributed by atoms with E-state index in [9.17, 15) is 26.4 Å². The topological polar surface area (TPSA) is 84.5 Å². The van der Waals surface area contributed by atoms with Gasteiger partial charge in [0.05, 0.1) is 10.9 Å². The van der Waals surface area contributed by atoms with Gasteiger partial charge in [-0.05, 0) is 73.2 Å². The minimum atomic E-state index is -3.91. The molecular weight excluding hydrogens is 445 g/mol. The van der Waals surface area contributed by atoms with Crippen LogP contribution in [0.1, 0.15) is 28.9 Å². The summed E-state index contributed by atoms with van der Waals surface area (Å²) in [6.45, 7) is -1.26. The molecule has 10 heteroatoms. The van der Waals surface area contributed by atoms with Crippen molar-refractivity contribution in [2.75, 3.05) is 4.72 Å². The van der Waals surface area contributed by atoms with Gasteiger partial charge in [0.2, 0.25) is 0 Å². The summed E-state index contributed by atoms with van der Waals surface area (Å²) in [6.07, 6.45) is 0. The Hall–Kier alpha value is -3.53. The Bertz CT molecular complexity index is 1180. The molecule has 0 heterocycles. The molecule has 6 nitrogen and oxygen atoms in total. The Kier molecular flexibility index (Phi) is 7.04. The van der Waals surface area contributed by atoms with E-state index < -0.39 is 34.4 Å². The van der Waals surface area contributed by atoms with Crippen molar-refractivity contribution in [3.8, 4) is 5.75 Å². The van der Waals surface area contributed by atoms with Gasteiger partial charge in [0.1, 0.15) is 11.6 Å². The molecule has 0 fully saturated rings. The number of ether oxygens (including phenoxy) is 1. The standard InChI is InChI=1S/C22H19F3N2O4S/c1-14(16-3-2-4-19(13-16)31-22(24)25)26-21(28)15-5-9-18(10-6-15)27-32(29,30)20-11-7-17(23)8-12-20/h2-14,22,27H,1H3,(H,26,28). The van der Waals surface area contributed by atoms with Gasteiger partial charge in [-0.15, -0.1) is 0 Å². The van der Waals surface area contributed by atoms with Crippen molar-refractivity contribution in [2.24, 2.45) is 0 Å². The van der Waals surface area contributed by atoms with Crippen LogP contribution in [0.25, 0.3) is 0 Å². The van der Waals surface area contributed by atoms with E-state index in [0.29, 0.717) is 5.56 Å². The van der Waals surface area contributed by atoms with Gasteiger partial charge in [-0.3, -0.25) is 9.52 Å². The lowest BCUT2D eigenvalue weighted by molar-refractivity contribution is -0.0499. The van der Waals surface area contributed by atoms with Crippen molar-refractivity contribution >= 4 is 21.6 Å². The van der Waals surface area contributed by atoms with E-state index in [1.165, 1.54) is 42.5 Å². The Morgan fingerprint density at radius 2 is 1.62 bits per heavy atom. The molecule has 0 saturated heterocycles. The average molecular weight is 464 g/mol. The minimum absolute atomic E-state index is 0.0172. The molecule has 0 bridgehead atoms. The molecule has 0 saturated carbocycles. The van der Waals surface area contributed by atoms with E-state index in [2.05, 4.69) is 14.8 Å². The van der Waals surface area contributed by atoms with E-state index in [1.54, 1.807) is 13.0 Å². The highest BCUT2D eigenvalue weighted by atomic mass is 32.2. The first-order valence-corrected chi connectivity index (χ1v) is 10.9. The summed E-state index contributed by atoms with van der Waals surface area (Å²) in [4.78, 5) is 12.4. The maximum atomic E-state index is 13.0. The average Bonchev–Trinajstić information content (AvgIpc) is 2.74. The number of carbonyl (C=O) groups is 1. The summed E-state index contributed by atoms with van der Waals surface area (Å²) >= 11 is 0. The first-order valence-electron chi connectivity index (χ1n) is 9.38. The molecule has 1 atom stereocenters. The second-order valence-corrected chi connectivity index (χ2v) is 8.47. The van der Waals surface area contributed by atoms with Crippen molar-refractivity contribution in [2.45, 2.75) is 24.5 Å². The maximum absolute atomic E-state index is 13.0. The Morgan fingerprint density at radius 1 is 0.969 bits per heavy atom. The lowest BCUT2D eigenvalue weighted by Crippen LogP contribution is -2.26. The normalized spacial score (nSPS) is 12.3. The van der Waals surface area contributed by atoms with Crippen LogP contribution in [0.2, 0.25) is 0 Å². The second kappa shape index (κ2) is 9.73. The highest BCUT2D eigenvalue weighted by molar-refractivity contribution is 7.92. The van der Waals surface area contributed by atoms with Gasteiger partial charge in [-0.2, -0.15) is 8.78 Å². The van der Waals surface area contributed by atoms with Crippen molar-refractivity contribution in [1.82, 2.24) is 5.32 Å². The summed E-state index contributed by atoms with van der Waals surface area (Å²) in [7, 11) is -3.91. The fourth-order valence-corrected chi connectivity index (χ4v) is 3.90. The predicted octanol–water partition coefficient (Wildman–Crippen LogP) is 4.72. The van der Waals surface area contributed by atoms with Gasteiger partial charge >= 0.3 is 6.61 Å². The number of carbonyl (C=O) groups excluding carboxylic acids is 1. The van der Waals surface area contributed by atoms with Gasteiger partial charge < -0.3 is 10.1 Å². The molecule has 3 rings (SSSR count). The molecule has 3 aromatic carbocycles. The lowest BCUT2D eigenvalue weighted by atomic mass is 10.1. The molecule has 0 aliphatic rings. The number of halogens is 3. The van der Waals surface area contributed by atoms with Gasteiger partial charge in [0.25, 0.3) is 15.9 Å². The molecule has 0 aromatic heterocycles. The largest absolute Gasteiger partial charge is 0.435 e. The number of hydrogen-bond acceptors (Lipinski definition) is 4. The number of nitrogens with one attached hydrogen (secondary N) is 2. The van der Waals surface area contributed by atoms with Crippen LogP contribution in [0.4, 0.5) is 18.9 Å². The van der Waals surface area contributed by atoms with Crippen LogP contribution in [0.5, 0.6) is 5.75 Å². The summed E-state index contributed by atoms with van der Waals surface area (Å²) in [5.41, 5.74) is 1.05. The van der Waals surface area contributed by atoms with Crippen LogP contribution in [-0.4, -0.2) is 20.9 Å². The summed E-state index contributed by atoms with van der Waals surface area (Å²) in [5.74, 6) is -1.01. The van der Waals surface area contributed by atoms with Gasteiger partial charge in [0, 0.05) is 11.3 Å². The Balaban J connectivity index is 1.65. The number of sulfonamides is 1. The third-order valence-corrected chi connectivity index (χ3v) is 5.85. The summed E-state index contributed by atoms with van der Waals surface area (Å²) < 4.78 is 69.2. The van der Waals surface area contributed by atoms with Crippen molar-refractivity contribution in [3.63, 3.8) is 0 Å². The van der Waals surface area contributed by atoms with Crippen LogP contribution in [0.3, 0.4) is 0 Å². The number of rotatable bonds is 8. The number of benzene rings is 3. The lowest BCUT2D eigenvalue weighted by Gasteiger charge is -2.16. The molecule has 0 aliphatic heterocycles. The molecular formula is C22H19F3N2O4S. The highest BCUT2D eigenvalue weighted by Gasteiger charge is 2.16. The molecule has 3 aromatic rings. The first kappa shape index (κ1) is 23.1. The van der Waals surface area contributed by atoms with Gasteiger partial charge in [0.15, 0.2) is 0 Å². The molecule has 0 radical (unpaired) electrons. The number of amides is 1. The fourth-order valence-electron chi connectivity index (χ4n) is 2.84. The molecule has 2 N–H and O–H groups in total. The molecule has 0 aliphatic carbocycles. The van der Waals surface area contributed by atoms with E-state index in [0.717, 1.165) is 24.3 Å². The zero-order valence-corrected chi connectivity index (χ0v) is 17.6. The van der Waals surface area contributed by atoms with Crippen LogP contribution in [-0.2, 0) is 10.0 Å². The van der Waals surface area contributed by atoms with E-state index in [4.69, 9.17) is 0 Å². The molecule has 0 spiro atoms. The minimum Gasteiger partial charge on any atom is -0.435 e. The van der Waals surface area contributed by atoms with Crippen LogP contribution >= 0.6 is 0 Å². The number of alkyl halides is 2. The van der Waals surface area contributed by atoms with Crippen LogP contribution in [0, 0.1) is 5.82 Å². The summed E-state index contributed by atoms with van der Waals surface area (Å²) in [6, 6.07) is 15.5. The van der Waals surface area contributed by atoms with Gasteiger partial charge in [-0.25, -0.2) is 12.8 Å². The smallest absolute Gasteiger partial charge is 0.387 e. The molecule has 168 valence electrons. The SMILES string of the molecule is CC(NC(=O)c1ccc(NS(=O)(=O)c2ccc(F)cc2)cc1)c1cccc(OC(F)F)c1. The van der Waals surface area contributed by atoms with Crippen molar-refractivity contribution in [1.29, 1.82) is 0 Å². The molecule has 32 heavy (non-hydrogen) atoms. The number of hydrogen-bond donors (Lipinski definition) is 2. The molecule has 1 amide bonds. The monoisotopic (exact) mass is 464 g/mol. The zero-order valence-electron chi connectivity index (χ0n) is 16.8. The quantitative estimate of drug-likeness (QED) is 0.505. The third-order valence-electron chi connectivity index (χ3n) is 4.45. The van der Waals surface area contributed by atoms with Crippen molar-refractivity contribution in [3.05, 3.63) is 89.7 Å². The van der Waals surface area contributed by atoms with Crippen LogP contribution in [0.15, 0.2) is 77.7 Å². The zero-order chi connectivity index (χ0) is 23.3. The predicted molar refractivity (Wildman–Crippen MR) is 113 cm³/mol. The maximum Gasteiger partial charge on any atom is 0.387 e. The van der Waals surface area contributed by atoms with E-state index >= 15 is 0 Å². The van der Waals surface area contributed by atoms with E-state index in [1.807, 2.05) is 0 Å². The first-order chi connectivity index (χ1) is 15.1. The van der Waals surface area contributed by atoms with Crippen LogP contribution < -0.4 is 14.8 Å². The van der Waals surface area contributed by atoms with Crippen molar-refractivity contribution < 1.29 is 31.1 Å². The summed E-state index contributed by atoms with van der Waals surface area (Å²) in [5, 5.41) is 2.74. The second-order valence-electron chi connectivity index (χ2n) is 6.78. The number of anilines is 1. The third kappa shape index (κ3) is 6.01. The Morgan fingerprint density at radius 3 is 2.25 bits per heavy atom.